The highest BCUT2D eigenvalue weighted by Crippen LogP contribution is 2.39. The maximum Gasteiger partial charge on any atom is 0.145 e. The first kappa shape index (κ1) is 27.9. The van der Waals surface area contributed by atoms with Gasteiger partial charge in [-0.25, -0.2) is 4.98 Å². The molecule has 0 aliphatic rings. The van der Waals surface area contributed by atoms with Crippen molar-refractivity contribution in [1.82, 2.24) is 23.7 Å². The lowest BCUT2D eigenvalue weighted by Crippen LogP contribution is -1.99. The molecule has 5 aromatic heterocycles. The Labute approximate surface area is 292 Å². The smallest absolute Gasteiger partial charge is 0.145 e. The summed E-state index contributed by atoms with van der Waals surface area (Å²) in [5.74, 6) is 0. The van der Waals surface area contributed by atoms with Gasteiger partial charge in [0.1, 0.15) is 5.65 Å². The molecule has 0 radical (unpaired) electrons. The Balaban J connectivity index is 1.12. The lowest BCUT2D eigenvalue weighted by atomic mass is 10.0. The van der Waals surface area contributed by atoms with Gasteiger partial charge < -0.3 is 9.13 Å². The van der Waals surface area contributed by atoms with Crippen LogP contribution in [0.1, 0.15) is 0 Å². The van der Waals surface area contributed by atoms with E-state index in [1.807, 2.05) is 18.6 Å². The molecule has 0 spiro atoms. The third-order valence-electron chi connectivity index (χ3n) is 10.4. The number of benzene rings is 6. The Morgan fingerprint density at radius 1 is 0.373 bits per heavy atom. The summed E-state index contributed by atoms with van der Waals surface area (Å²) < 4.78 is 6.98. The van der Waals surface area contributed by atoms with Crippen LogP contribution < -0.4 is 0 Å². The molecular formula is C46H29N5. The van der Waals surface area contributed by atoms with Crippen molar-refractivity contribution in [3.05, 3.63) is 176 Å². The first-order chi connectivity index (χ1) is 25.3. The Morgan fingerprint density at radius 3 is 1.65 bits per heavy atom. The second kappa shape index (κ2) is 10.8. The molecule has 0 aliphatic heterocycles. The van der Waals surface area contributed by atoms with Crippen molar-refractivity contribution >= 4 is 65.5 Å². The second-order valence-corrected chi connectivity index (χ2v) is 13.1. The first-order valence-electron chi connectivity index (χ1n) is 17.2. The van der Waals surface area contributed by atoms with Crippen LogP contribution in [0.25, 0.3) is 93.7 Å². The summed E-state index contributed by atoms with van der Waals surface area (Å²) in [6.07, 6.45) is 5.81. The zero-order valence-electron chi connectivity index (χ0n) is 27.5. The number of hydrogen-bond donors (Lipinski definition) is 0. The maximum atomic E-state index is 5.21. The summed E-state index contributed by atoms with van der Waals surface area (Å²) in [5, 5.41) is 7.16. The van der Waals surface area contributed by atoms with Crippen molar-refractivity contribution in [2.24, 2.45) is 0 Å². The number of aromatic nitrogens is 5. The highest BCUT2D eigenvalue weighted by atomic mass is 15.1. The molecule has 51 heavy (non-hydrogen) atoms. The maximum absolute atomic E-state index is 5.21. The molecule has 0 amide bonds. The van der Waals surface area contributed by atoms with Gasteiger partial charge in [0.2, 0.25) is 0 Å². The number of para-hydroxylation sites is 5. The van der Waals surface area contributed by atoms with Crippen molar-refractivity contribution in [2.75, 3.05) is 0 Å². The van der Waals surface area contributed by atoms with E-state index >= 15 is 0 Å². The zero-order valence-corrected chi connectivity index (χ0v) is 27.5. The highest BCUT2D eigenvalue weighted by Gasteiger charge is 2.19. The number of hydrogen-bond acceptors (Lipinski definition) is 2. The van der Waals surface area contributed by atoms with Crippen LogP contribution in [0.2, 0.25) is 0 Å². The molecule has 5 heteroatoms. The van der Waals surface area contributed by atoms with E-state index in [0.29, 0.717) is 0 Å². The minimum atomic E-state index is 0.923. The highest BCUT2D eigenvalue weighted by molar-refractivity contribution is 6.12. The fourth-order valence-corrected chi connectivity index (χ4v) is 8.22. The predicted octanol–water partition coefficient (Wildman–Crippen LogP) is 11.4. The molecule has 11 aromatic rings. The molecule has 11 rings (SSSR count). The largest absolute Gasteiger partial charge is 0.309 e. The molecule has 5 nitrogen and oxygen atoms in total. The van der Waals surface area contributed by atoms with E-state index in [4.69, 9.17) is 4.98 Å². The predicted molar refractivity (Wildman–Crippen MR) is 210 cm³/mol. The SMILES string of the molecule is c1cc(-c2ccccc2-n2c3ccccc3c3ccccc32)cc(-n2c3ccccc3c3cc(-n4c5ccccc5c5ccncc54)cnc32)c1. The van der Waals surface area contributed by atoms with E-state index in [-0.39, 0.29) is 0 Å². The topological polar surface area (TPSA) is 40.6 Å². The van der Waals surface area contributed by atoms with Crippen molar-refractivity contribution < 1.29 is 0 Å². The van der Waals surface area contributed by atoms with E-state index in [1.54, 1.807) is 0 Å². The Hall–Kier alpha value is -6.98. The Kier molecular flexibility index (Phi) is 5.89. The first-order valence-corrected chi connectivity index (χ1v) is 17.2. The monoisotopic (exact) mass is 651 g/mol. The summed E-state index contributed by atoms with van der Waals surface area (Å²) in [5.41, 5.74) is 12.2. The third kappa shape index (κ3) is 4.03. The lowest BCUT2D eigenvalue weighted by Gasteiger charge is -2.15. The zero-order chi connectivity index (χ0) is 33.5. The van der Waals surface area contributed by atoms with Crippen LogP contribution in [0.4, 0.5) is 0 Å². The Bertz CT molecular complexity index is 3050. The van der Waals surface area contributed by atoms with Gasteiger partial charge in [0, 0.05) is 49.8 Å². The lowest BCUT2D eigenvalue weighted by molar-refractivity contribution is 1.11. The van der Waals surface area contributed by atoms with Gasteiger partial charge in [-0.1, -0.05) is 103 Å². The van der Waals surface area contributed by atoms with E-state index < -0.39 is 0 Å². The molecule has 238 valence electrons. The van der Waals surface area contributed by atoms with Gasteiger partial charge in [-0.3, -0.25) is 9.55 Å². The van der Waals surface area contributed by atoms with Crippen LogP contribution in [0.3, 0.4) is 0 Å². The molecule has 5 heterocycles. The summed E-state index contributed by atoms with van der Waals surface area (Å²) in [6, 6.07) is 56.5. The minimum Gasteiger partial charge on any atom is -0.309 e. The van der Waals surface area contributed by atoms with E-state index in [2.05, 4.69) is 176 Å². The van der Waals surface area contributed by atoms with Crippen molar-refractivity contribution in [3.63, 3.8) is 0 Å². The number of pyridine rings is 2. The molecule has 6 aromatic carbocycles. The summed E-state index contributed by atoms with van der Waals surface area (Å²) in [4.78, 5) is 9.70. The fourth-order valence-electron chi connectivity index (χ4n) is 8.22. The summed E-state index contributed by atoms with van der Waals surface area (Å²) in [6.45, 7) is 0. The van der Waals surface area contributed by atoms with E-state index in [0.717, 1.165) is 55.6 Å². The number of fused-ring (bicyclic) bond motifs is 9. The molecular weight excluding hydrogens is 623 g/mol. The fraction of sp³-hybridized carbons (Fsp3) is 0. The number of nitrogens with zero attached hydrogens (tertiary/aromatic N) is 5. The van der Waals surface area contributed by atoms with Crippen LogP contribution in [0, 0.1) is 0 Å². The van der Waals surface area contributed by atoms with Crippen LogP contribution >= 0.6 is 0 Å². The van der Waals surface area contributed by atoms with Crippen LogP contribution in [0.15, 0.2) is 176 Å². The van der Waals surface area contributed by atoms with Crippen molar-refractivity contribution in [3.8, 4) is 28.2 Å². The molecule has 0 bridgehead atoms. The van der Waals surface area contributed by atoms with Crippen molar-refractivity contribution in [1.29, 1.82) is 0 Å². The van der Waals surface area contributed by atoms with Crippen LogP contribution in [0.5, 0.6) is 0 Å². The quantitative estimate of drug-likeness (QED) is 0.190. The Morgan fingerprint density at radius 2 is 0.941 bits per heavy atom. The molecule has 0 unspecified atom stereocenters. The van der Waals surface area contributed by atoms with Crippen LogP contribution in [-0.2, 0) is 0 Å². The summed E-state index contributed by atoms with van der Waals surface area (Å²) >= 11 is 0. The van der Waals surface area contributed by atoms with Gasteiger partial charge in [-0.05, 0) is 60.2 Å². The molecule has 0 atom stereocenters. The average molecular weight is 652 g/mol. The normalized spacial score (nSPS) is 11.9. The van der Waals surface area contributed by atoms with Crippen LogP contribution in [-0.4, -0.2) is 23.7 Å². The third-order valence-corrected chi connectivity index (χ3v) is 10.4. The number of rotatable bonds is 4. The van der Waals surface area contributed by atoms with Gasteiger partial charge in [0.25, 0.3) is 0 Å². The van der Waals surface area contributed by atoms with Gasteiger partial charge in [-0.2, -0.15) is 0 Å². The van der Waals surface area contributed by atoms with Gasteiger partial charge in [-0.15, -0.1) is 0 Å². The van der Waals surface area contributed by atoms with Gasteiger partial charge >= 0.3 is 0 Å². The van der Waals surface area contributed by atoms with Gasteiger partial charge in [0.15, 0.2) is 0 Å². The van der Waals surface area contributed by atoms with Crippen molar-refractivity contribution in [2.45, 2.75) is 0 Å². The molecule has 0 saturated carbocycles. The van der Waals surface area contributed by atoms with E-state index in [9.17, 15) is 0 Å². The summed E-state index contributed by atoms with van der Waals surface area (Å²) in [7, 11) is 0. The minimum absolute atomic E-state index is 0.923. The molecule has 0 N–H and O–H groups in total. The molecule has 0 saturated heterocycles. The average Bonchev–Trinajstić information content (AvgIpc) is 3.84. The standard InChI is InChI=1S/C46H29N5/c1-6-19-40(51-43-22-9-3-15-34(43)35-16-4-10-23-44(35)51)33(14-1)30-12-11-13-31(26-30)50-42-21-8-5-18-37(42)39-27-32(28-48-46(39)50)49-41-20-7-2-17-36(41)38-24-25-47-29-45(38)49/h1-29H. The molecule has 0 fully saturated rings. The molecule has 0 aliphatic carbocycles. The van der Waals surface area contributed by atoms with E-state index in [1.165, 1.54) is 38.1 Å². The second-order valence-electron chi connectivity index (χ2n) is 13.1. The van der Waals surface area contributed by atoms with Gasteiger partial charge in [0.05, 0.1) is 51.4 Å².